The maximum atomic E-state index is 10.9. The van der Waals surface area contributed by atoms with Crippen LogP contribution in [0, 0.1) is 0 Å². The van der Waals surface area contributed by atoms with E-state index in [0.717, 1.165) is 13.1 Å². The van der Waals surface area contributed by atoms with E-state index in [2.05, 4.69) is 16.1 Å². The van der Waals surface area contributed by atoms with Crippen molar-refractivity contribution >= 4 is 5.97 Å². The molecule has 12 heavy (non-hydrogen) atoms. The Balaban J connectivity index is 2.34. The van der Waals surface area contributed by atoms with Crippen molar-refractivity contribution in [1.29, 1.82) is 0 Å². The number of nitrogens with two attached hydrogens (primary N) is 1. The van der Waals surface area contributed by atoms with E-state index in [4.69, 9.17) is 5.73 Å². The number of nitrogens with one attached hydrogen (secondary N) is 1. The molecule has 0 aromatic rings. The molecule has 4 nitrogen and oxygen atoms in total. The van der Waals surface area contributed by atoms with Crippen molar-refractivity contribution < 1.29 is 9.53 Å². The SMILES string of the molecule is COC(=O)C(N)CC1=CCNC1. The van der Waals surface area contributed by atoms with Crippen LogP contribution in [0.4, 0.5) is 0 Å². The van der Waals surface area contributed by atoms with Crippen LogP contribution in [0.3, 0.4) is 0 Å². The Morgan fingerprint density at radius 1 is 1.92 bits per heavy atom. The summed E-state index contributed by atoms with van der Waals surface area (Å²) in [7, 11) is 1.35. The lowest BCUT2D eigenvalue weighted by Crippen LogP contribution is -2.32. The van der Waals surface area contributed by atoms with Gasteiger partial charge in [-0.15, -0.1) is 0 Å². The van der Waals surface area contributed by atoms with Crippen LogP contribution in [0.2, 0.25) is 0 Å². The van der Waals surface area contributed by atoms with Crippen molar-refractivity contribution in [2.45, 2.75) is 12.5 Å². The van der Waals surface area contributed by atoms with E-state index in [0.29, 0.717) is 6.42 Å². The highest BCUT2D eigenvalue weighted by Gasteiger charge is 2.16. The summed E-state index contributed by atoms with van der Waals surface area (Å²) in [4.78, 5) is 10.9. The molecule has 0 spiro atoms. The molecule has 0 amide bonds. The number of carbonyl (C=O) groups excluding carboxylic acids is 1. The van der Waals surface area contributed by atoms with Crippen LogP contribution in [0.15, 0.2) is 11.6 Å². The van der Waals surface area contributed by atoms with Gasteiger partial charge in [-0.2, -0.15) is 0 Å². The molecule has 4 heteroatoms. The molecule has 0 aliphatic carbocycles. The van der Waals surface area contributed by atoms with Gasteiger partial charge in [0.15, 0.2) is 0 Å². The summed E-state index contributed by atoms with van der Waals surface area (Å²) in [6.07, 6.45) is 2.66. The maximum Gasteiger partial charge on any atom is 0.322 e. The number of esters is 1. The Morgan fingerprint density at radius 2 is 2.67 bits per heavy atom. The number of rotatable bonds is 3. The summed E-state index contributed by atoms with van der Waals surface area (Å²) in [5.41, 5.74) is 6.75. The molecule has 68 valence electrons. The second kappa shape index (κ2) is 4.23. The molecule has 1 heterocycles. The fraction of sp³-hybridized carbons (Fsp3) is 0.625. The largest absolute Gasteiger partial charge is 0.468 e. The standard InChI is InChI=1S/C8H14N2O2/c1-12-8(11)7(9)4-6-2-3-10-5-6/h2,7,10H,3-5,9H2,1H3. The number of methoxy groups -OCH3 is 1. The van der Waals surface area contributed by atoms with Crippen molar-refractivity contribution in [2.24, 2.45) is 5.73 Å². The minimum absolute atomic E-state index is 0.345. The van der Waals surface area contributed by atoms with Crippen LogP contribution < -0.4 is 11.1 Å². The molecule has 1 rings (SSSR count). The fourth-order valence-corrected chi connectivity index (χ4v) is 1.19. The van der Waals surface area contributed by atoms with E-state index in [9.17, 15) is 4.79 Å². The molecule has 0 radical (unpaired) electrons. The van der Waals surface area contributed by atoms with E-state index in [1.807, 2.05) is 0 Å². The normalized spacial score (nSPS) is 18.7. The highest BCUT2D eigenvalue weighted by atomic mass is 16.5. The molecular weight excluding hydrogens is 156 g/mol. The summed E-state index contributed by atoms with van der Waals surface area (Å²) in [6.45, 7) is 1.72. The van der Waals surface area contributed by atoms with Gasteiger partial charge < -0.3 is 15.8 Å². The summed E-state index contributed by atoms with van der Waals surface area (Å²) in [6, 6.07) is -0.513. The Hall–Kier alpha value is -0.870. The zero-order chi connectivity index (χ0) is 8.97. The number of hydrogen-bond donors (Lipinski definition) is 2. The van der Waals surface area contributed by atoms with Crippen molar-refractivity contribution in [2.75, 3.05) is 20.2 Å². The van der Waals surface area contributed by atoms with Crippen LogP contribution in [0.1, 0.15) is 6.42 Å². The lowest BCUT2D eigenvalue weighted by atomic mass is 10.1. The molecule has 0 bridgehead atoms. The predicted octanol–water partition coefficient (Wildman–Crippen LogP) is -0.594. The summed E-state index contributed by atoms with van der Waals surface area (Å²) in [5, 5.41) is 3.13. The van der Waals surface area contributed by atoms with Crippen molar-refractivity contribution in [1.82, 2.24) is 5.32 Å². The first kappa shape index (κ1) is 9.22. The van der Waals surface area contributed by atoms with E-state index in [1.165, 1.54) is 12.7 Å². The predicted molar refractivity (Wildman–Crippen MR) is 45.6 cm³/mol. The van der Waals surface area contributed by atoms with Crippen molar-refractivity contribution in [3.05, 3.63) is 11.6 Å². The van der Waals surface area contributed by atoms with Gasteiger partial charge in [-0.05, 0) is 6.42 Å². The van der Waals surface area contributed by atoms with Crippen LogP contribution in [-0.2, 0) is 9.53 Å². The monoisotopic (exact) mass is 170 g/mol. The van der Waals surface area contributed by atoms with Gasteiger partial charge in [0.05, 0.1) is 7.11 Å². The first-order chi connectivity index (χ1) is 5.74. The summed E-state index contributed by atoms with van der Waals surface area (Å²) in [5.74, 6) is -0.345. The minimum atomic E-state index is -0.513. The van der Waals surface area contributed by atoms with Crippen LogP contribution in [0.5, 0.6) is 0 Å². The first-order valence-electron chi connectivity index (χ1n) is 3.96. The first-order valence-corrected chi connectivity index (χ1v) is 3.96. The molecule has 3 N–H and O–H groups in total. The third-order valence-electron chi connectivity index (χ3n) is 1.87. The molecule has 0 aromatic heterocycles. The molecular formula is C8H14N2O2. The molecule has 0 aromatic carbocycles. The lowest BCUT2D eigenvalue weighted by Gasteiger charge is -2.08. The topological polar surface area (TPSA) is 64.3 Å². The van der Waals surface area contributed by atoms with Crippen LogP contribution in [-0.4, -0.2) is 32.2 Å². The van der Waals surface area contributed by atoms with Crippen LogP contribution in [0.25, 0.3) is 0 Å². The van der Waals surface area contributed by atoms with E-state index in [-0.39, 0.29) is 5.97 Å². The quantitative estimate of drug-likeness (QED) is 0.439. The molecule has 1 aliphatic rings. The highest BCUT2D eigenvalue weighted by Crippen LogP contribution is 2.07. The fourth-order valence-electron chi connectivity index (χ4n) is 1.19. The van der Waals surface area contributed by atoms with E-state index < -0.39 is 6.04 Å². The van der Waals surface area contributed by atoms with E-state index >= 15 is 0 Å². The molecule has 0 fully saturated rings. The number of ether oxygens (including phenoxy) is 1. The van der Waals surface area contributed by atoms with Crippen molar-refractivity contribution in [3.8, 4) is 0 Å². The Kier molecular flexibility index (Phi) is 3.25. The molecule has 0 saturated heterocycles. The second-order valence-corrected chi connectivity index (χ2v) is 2.83. The van der Waals surface area contributed by atoms with Gasteiger partial charge in [-0.25, -0.2) is 0 Å². The van der Waals surface area contributed by atoms with Crippen LogP contribution >= 0.6 is 0 Å². The van der Waals surface area contributed by atoms with Gasteiger partial charge in [0, 0.05) is 13.1 Å². The molecule has 1 atom stereocenters. The third kappa shape index (κ3) is 2.32. The Morgan fingerprint density at radius 3 is 3.17 bits per heavy atom. The van der Waals surface area contributed by atoms with Gasteiger partial charge >= 0.3 is 5.97 Å². The highest BCUT2D eigenvalue weighted by molar-refractivity contribution is 5.75. The smallest absolute Gasteiger partial charge is 0.322 e. The maximum absolute atomic E-state index is 10.9. The second-order valence-electron chi connectivity index (χ2n) is 2.83. The Bertz CT molecular complexity index is 201. The minimum Gasteiger partial charge on any atom is -0.468 e. The van der Waals surface area contributed by atoms with Gasteiger partial charge in [-0.1, -0.05) is 11.6 Å². The molecule has 0 saturated carbocycles. The molecule has 1 aliphatic heterocycles. The third-order valence-corrected chi connectivity index (χ3v) is 1.87. The summed E-state index contributed by atoms with van der Waals surface area (Å²) >= 11 is 0. The zero-order valence-electron chi connectivity index (χ0n) is 7.17. The lowest BCUT2D eigenvalue weighted by molar-refractivity contribution is -0.142. The van der Waals surface area contributed by atoms with E-state index in [1.54, 1.807) is 0 Å². The van der Waals surface area contributed by atoms with Gasteiger partial charge in [0.1, 0.15) is 6.04 Å². The average molecular weight is 170 g/mol. The Labute approximate surface area is 71.8 Å². The van der Waals surface area contributed by atoms with Gasteiger partial charge in [-0.3, -0.25) is 4.79 Å². The average Bonchev–Trinajstić information content (AvgIpc) is 2.55. The van der Waals surface area contributed by atoms with Crippen molar-refractivity contribution in [3.63, 3.8) is 0 Å². The number of hydrogen-bond acceptors (Lipinski definition) is 4. The number of carbonyl (C=O) groups is 1. The van der Waals surface area contributed by atoms with Gasteiger partial charge in [0.2, 0.25) is 0 Å². The van der Waals surface area contributed by atoms with Gasteiger partial charge in [0.25, 0.3) is 0 Å². The molecule has 1 unspecified atom stereocenters. The summed E-state index contributed by atoms with van der Waals surface area (Å²) < 4.78 is 4.51. The zero-order valence-corrected chi connectivity index (χ0v) is 7.17.